The Morgan fingerprint density at radius 2 is 2.21 bits per heavy atom. The van der Waals surface area contributed by atoms with Crippen molar-refractivity contribution in [3.05, 3.63) is 17.3 Å². The molecule has 3 nitrogen and oxygen atoms in total. The Hall–Kier alpha value is -0.830. The van der Waals surface area contributed by atoms with E-state index >= 15 is 0 Å². The van der Waals surface area contributed by atoms with Gasteiger partial charge in [-0.25, -0.2) is 4.98 Å². The number of rotatable bonds is 3. The van der Waals surface area contributed by atoms with Crippen LogP contribution in [0, 0.1) is 12.8 Å². The molecule has 1 aromatic rings. The van der Waals surface area contributed by atoms with Crippen molar-refractivity contribution in [3.8, 4) is 0 Å². The zero-order chi connectivity index (χ0) is 10.1. The Balaban J connectivity index is 2.12. The molecule has 0 spiro atoms. The summed E-state index contributed by atoms with van der Waals surface area (Å²) in [5.41, 5.74) is 1.14. The molecule has 2 heterocycles. The second-order valence-electron chi connectivity index (χ2n) is 4.51. The summed E-state index contributed by atoms with van der Waals surface area (Å²) in [7, 11) is 0. The van der Waals surface area contributed by atoms with Crippen LogP contribution in [-0.4, -0.2) is 18.1 Å². The first-order valence-electron chi connectivity index (χ1n) is 5.33. The zero-order valence-electron chi connectivity index (χ0n) is 9.13. The summed E-state index contributed by atoms with van der Waals surface area (Å²) in [5.74, 6) is 3.08. The van der Waals surface area contributed by atoms with Crippen molar-refractivity contribution in [2.24, 2.45) is 5.92 Å². The molecule has 0 aromatic carbocycles. The molecule has 1 aliphatic heterocycles. The van der Waals surface area contributed by atoms with Crippen molar-refractivity contribution in [1.29, 1.82) is 0 Å². The molecule has 2 rings (SSSR count). The number of oxazole rings is 1. The molecule has 1 aliphatic rings. The molecular formula is C11H18N2O. The predicted octanol–water partition coefficient (Wildman–Crippen LogP) is 1.87. The number of aromatic nitrogens is 1. The maximum Gasteiger partial charge on any atom is 0.200 e. The average molecular weight is 194 g/mol. The SMILES string of the molecule is Cc1oc(C2CNC2)nc1CC(C)C. The standard InChI is InChI=1S/C11H18N2O/c1-7(2)4-10-8(3)14-11(13-10)9-5-12-6-9/h7,9,12H,4-6H2,1-3H3. The molecule has 0 aliphatic carbocycles. The Kier molecular flexibility index (Phi) is 2.59. The van der Waals surface area contributed by atoms with Gasteiger partial charge in [-0.1, -0.05) is 13.8 Å². The van der Waals surface area contributed by atoms with Crippen LogP contribution in [0.4, 0.5) is 0 Å². The van der Waals surface area contributed by atoms with E-state index in [1.807, 2.05) is 6.92 Å². The minimum Gasteiger partial charge on any atom is -0.445 e. The Labute approximate surface area is 84.9 Å². The van der Waals surface area contributed by atoms with E-state index in [2.05, 4.69) is 24.1 Å². The van der Waals surface area contributed by atoms with Gasteiger partial charge in [-0.15, -0.1) is 0 Å². The lowest BCUT2D eigenvalue weighted by Crippen LogP contribution is -2.40. The monoisotopic (exact) mass is 194 g/mol. The first-order valence-corrected chi connectivity index (χ1v) is 5.33. The second kappa shape index (κ2) is 3.73. The number of aryl methyl sites for hydroxylation is 1. The van der Waals surface area contributed by atoms with Crippen LogP contribution in [0.1, 0.15) is 37.1 Å². The Morgan fingerprint density at radius 3 is 2.71 bits per heavy atom. The lowest BCUT2D eigenvalue weighted by atomic mass is 10.0. The van der Waals surface area contributed by atoms with Gasteiger partial charge in [0.05, 0.1) is 11.6 Å². The molecule has 1 N–H and O–H groups in total. The third-order valence-electron chi connectivity index (χ3n) is 2.64. The first kappa shape index (κ1) is 9.71. The summed E-state index contributed by atoms with van der Waals surface area (Å²) < 4.78 is 5.67. The topological polar surface area (TPSA) is 38.1 Å². The van der Waals surface area contributed by atoms with Gasteiger partial charge in [-0.2, -0.15) is 0 Å². The summed E-state index contributed by atoms with van der Waals surface area (Å²) in [6.07, 6.45) is 1.02. The molecular weight excluding hydrogens is 176 g/mol. The van der Waals surface area contributed by atoms with Gasteiger partial charge < -0.3 is 9.73 Å². The molecule has 0 unspecified atom stereocenters. The number of hydrogen-bond acceptors (Lipinski definition) is 3. The first-order chi connectivity index (χ1) is 6.66. The average Bonchev–Trinajstić information content (AvgIpc) is 2.27. The van der Waals surface area contributed by atoms with E-state index in [0.29, 0.717) is 11.8 Å². The van der Waals surface area contributed by atoms with E-state index < -0.39 is 0 Å². The fourth-order valence-corrected chi connectivity index (χ4v) is 1.66. The van der Waals surface area contributed by atoms with Crippen LogP contribution >= 0.6 is 0 Å². The van der Waals surface area contributed by atoms with E-state index in [1.165, 1.54) is 0 Å². The van der Waals surface area contributed by atoms with Crippen LogP contribution < -0.4 is 5.32 Å². The van der Waals surface area contributed by atoms with Gasteiger partial charge in [-0.3, -0.25) is 0 Å². The van der Waals surface area contributed by atoms with Gasteiger partial charge >= 0.3 is 0 Å². The number of nitrogens with one attached hydrogen (secondary N) is 1. The van der Waals surface area contributed by atoms with Gasteiger partial charge in [0.25, 0.3) is 0 Å². The molecule has 3 heteroatoms. The highest BCUT2D eigenvalue weighted by atomic mass is 16.4. The molecule has 1 fully saturated rings. The molecule has 0 atom stereocenters. The van der Waals surface area contributed by atoms with Crippen LogP contribution in [-0.2, 0) is 6.42 Å². The third kappa shape index (κ3) is 1.82. The molecule has 1 aromatic heterocycles. The lowest BCUT2D eigenvalue weighted by Gasteiger charge is -2.23. The fraction of sp³-hybridized carbons (Fsp3) is 0.727. The van der Waals surface area contributed by atoms with Crippen molar-refractivity contribution in [1.82, 2.24) is 10.3 Å². The summed E-state index contributed by atoms with van der Waals surface area (Å²) >= 11 is 0. The fourth-order valence-electron chi connectivity index (χ4n) is 1.66. The normalized spacial score (nSPS) is 17.4. The van der Waals surface area contributed by atoms with Crippen LogP contribution in [0.2, 0.25) is 0 Å². The van der Waals surface area contributed by atoms with E-state index in [4.69, 9.17) is 4.42 Å². The maximum atomic E-state index is 5.67. The van der Waals surface area contributed by atoms with Crippen molar-refractivity contribution >= 4 is 0 Å². The van der Waals surface area contributed by atoms with Crippen LogP contribution in [0.15, 0.2) is 4.42 Å². The molecule has 0 saturated carbocycles. The van der Waals surface area contributed by atoms with Gasteiger partial charge in [0.2, 0.25) is 0 Å². The molecule has 0 amide bonds. The summed E-state index contributed by atoms with van der Waals surface area (Å²) in [4.78, 5) is 4.57. The Bertz CT molecular complexity index is 313. The molecule has 0 radical (unpaired) electrons. The van der Waals surface area contributed by atoms with E-state index in [1.54, 1.807) is 0 Å². The summed E-state index contributed by atoms with van der Waals surface area (Å²) in [5, 5.41) is 3.23. The number of hydrogen-bond donors (Lipinski definition) is 1. The van der Waals surface area contributed by atoms with Crippen molar-refractivity contribution in [2.45, 2.75) is 33.1 Å². The second-order valence-corrected chi connectivity index (χ2v) is 4.51. The largest absolute Gasteiger partial charge is 0.445 e. The van der Waals surface area contributed by atoms with Crippen LogP contribution in [0.25, 0.3) is 0 Å². The van der Waals surface area contributed by atoms with E-state index in [-0.39, 0.29) is 0 Å². The van der Waals surface area contributed by atoms with Gasteiger partial charge in [0.1, 0.15) is 5.76 Å². The smallest absolute Gasteiger partial charge is 0.200 e. The Morgan fingerprint density at radius 1 is 1.50 bits per heavy atom. The van der Waals surface area contributed by atoms with Gasteiger partial charge in [0.15, 0.2) is 5.89 Å². The van der Waals surface area contributed by atoms with Crippen LogP contribution in [0.5, 0.6) is 0 Å². The van der Waals surface area contributed by atoms with Gasteiger partial charge in [-0.05, 0) is 19.3 Å². The van der Waals surface area contributed by atoms with E-state index in [9.17, 15) is 0 Å². The van der Waals surface area contributed by atoms with E-state index in [0.717, 1.165) is 36.9 Å². The molecule has 78 valence electrons. The van der Waals surface area contributed by atoms with Crippen molar-refractivity contribution in [2.75, 3.05) is 13.1 Å². The van der Waals surface area contributed by atoms with Crippen molar-refractivity contribution < 1.29 is 4.42 Å². The van der Waals surface area contributed by atoms with Crippen molar-refractivity contribution in [3.63, 3.8) is 0 Å². The highest BCUT2D eigenvalue weighted by Gasteiger charge is 2.25. The maximum absolute atomic E-state index is 5.67. The molecule has 0 bridgehead atoms. The highest BCUT2D eigenvalue weighted by molar-refractivity contribution is 5.12. The zero-order valence-corrected chi connectivity index (χ0v) is 9.13. The quantitative estimate of drug-likeness (QED) is 0.798. The minimum atomic E-state index is 0.509. The third-order valence-corrected chi connectivity index (χ3v) is 2.64. The molecule has 14 heavy (non-hydrogen) atoms. The van der Waals surface area contributed by atoms with Crippen LogP contribution in [0.3, 0.4) is 0 Å². The number of nitrogens with zero attached hydrogens (tertiary/aromatic N) is 1. The molecule has 1 saturated heterocycles. The predicted molar refractivity (Wildman–Crippen MR) is 55.4 cm³/mol. The highest BCUT2D eigenvalue weighted by Crippen LogP contribution is 2.22. The summed E-state index contributed by atoms with van der Waals surface area (Å²) in [6, 6.07) is 0. The minimum absolute atomic E-state index is 0.509. The summed E-state index contributed by atoms with van der Waals surface area (Å²) in [6.45, 7) is 8.46. The lowest BCUT2D eigenvalue weighted by molar-refractivity contribution is 0.350. The van der Waals surface area contributed by atoms with Gasteiger partial charge in [0, 0.05) is 13.1 Å².